The van der Waals surface area contributed by atoms with Crippen molar-refractivity contribution in [2.45, 2.75) is 32.0 Å². The highest BCUT2D eigenvalue weighted by molar-refractivity contribution is 5.82. The second-order valence-electron chi connectivity index (χ2n) is 3.46. The summed E-state index contributed by atoms with van der Waals surface area (Å²) in [6, 6.07) is 0. The van der Waals surface area contributed by atoms with Gasteiger partial charge in [0.05, 0.1) is 13.2 Å². The molecule has 1 saturated heterocycles. The molecular weight excluding hydrogens is 156 g/mol. The zero-order chi connectivity index (χ0) is 8.39. The minimum Gasteiger partial charge on any atom is -0.350 e. The number of hydrogen-bond acceptors (Lipinski definition) is 3. The Labute approximate surface area is 72.0 Å². The Hall–Kier alpha value is -0.410. The number of carbonyl (C=O) groups excluding carboxylic acids is 1. The second kappa shape index (κ2) is 3.54. The molecule has 1 heterocycles. The molecule has 0 aromatic rings. The normalized spacial score (nSPS) is 31.7. The SMILES string of the molecule is O=C1CCC[C@H]1CC1OCCO1. The molecule has 0 bridgehead atoms. The van der Waals surface area contributed by atoms with Gasteiger partial charge in [-0.1, -0.05) is 0 Å². The number of Topliss-reactive ketones (excluding diaryl/α,β-unsaturated/α-hetero) is 1. The maximum atomic E-state index is 11.3. The van der Waals surface area contributed by atoms with Gasteiger partial charge in [-0.25, -0.2) is 0 Å². The molecule has 1 saturated carbocycles. The van der Waals surface area contributed by atoms with Crippen LogP contribution in [-0.4, -0.2) is 25.3 Å². The molecule has 3 nitrogen and oxygen atoms in total. The van der Waals surface area contributed by atoms with Crippen LogP contribution in [-0.2, 0) is 14.3 Å². The summed E-state index contributed by atoms with van der Waals surface area (Å²) in [6.45, 7) is 1.37. The van der Waals surface area contributed by atoms with E-state index < -0.39 is 0 Å². The Bertz CT molecular complexity index is 173. The van der Waals surface area contributed by atoms with E-state index in [1.54, 1.807) is 0 Å². The highest BCUT2D eigenvalue weighted by atomic mass is 16.7. The average molecular weight is 170 g/mol. The van der Waals surface area contributed by atoms with E-state index >= 15 is 0 Å². The first kappa shape index (κ1) is 8.20. The van der Waals surface area contributed by atoms with Gasteiger partial charge in [-0.2, -0.15) is 0 Å². The molecule has 3 heteroatoms. The molecule has 0 amide bonds. The topological polar surface area (TPSA) is 35.5 Å². The Morgan fingerprint density at radius 1 is 1.33 bits per heavy atom. The molecule has 12 heavy (non-hydrogen) atoms. The van der Waals surface area contributed by atoms with Crippen molar-refractivity contribution >= 4 is 5.78 Å². The van der Waals surface area contributed by atoms with Crippen molar-refractivity contribution in [2.75, 3.05) is 13.2 Å². The summed E-state index contributed by atoms with van der Waals surface area (Å²) in [4.78, 5) is 11.3. The van der Waals surface area contributed by atoms with Crippen molar-refractivity contribution in [3.05, 3.63) is 0 Å². The summed E-state index contributed by atoms with van der Waals surface area (Å²) in [5.74, 6) is 0.613. The zero-order valence-corrected chi connectivity index (χ0v) is 7.12. The minimum absolute atomic E-state index is 0.1000. The molecule has 2 aliphatic rings. The van der Waals surface area contributed by atoms with Crippen LogP contribution < -0.4 is 0 Å². The fourth-order valence-corrected chi connectivity index (χ4v) is 1.91. The van der Waals surface area contributed by atoms with Crippen molar-refractivity contribution in [1.82, 2.24) is 0 Å². The van der Waals surface area contributed by atoms with Gasteiger partial charge in [-0.15, -0.1) is 0 Å². The van der Waals surface area contributed by atoms with Gasteiger partial charge in [0.1, 0.15) is 5.78 Å². The molecule has 1 atom stereocenters. The fourth-order valence-electron chi connectivity index (χ4n) is 1.91. The summed E-state index contributed by atoms with van der Waals surface area (Å²) in [6.07, 6.45) is 3.52. The van der Waals surface area contributed by atoms with Crippen LogP contribution >= 0.6 is 0 Å². The Kier molecular flexibility index (Phi) is 2.42. The maximum absolute atomic E-state index is 11.3. The second-order valence-corrected chi connectivity index (χ2v) is 3.46. The van der Waals surface area contributed by atoms with E-state index in [4.69, 9.17) is 9.47 Å². The average Bonchev–Trinajstić information content (AvgIpc) is 2.65. The molecule has 0 spiro atoms. The third-order valence-corrected chi connectivity index (χ3v) is 2.60. The van der Waals surface area contributed by atoms with E-state index in [2.05, 4.69) is 0 Å². The van der Waals surface area contributed by atoms with Crippen LogP contribution in [0.3, 0.4) is 0 Å². The summed E-state index contributed by atoms with van der Waals surface area (Å²) >= 11 is 0. The third kappa shape index (κ3) is 1.67. The van der Waals surface area contributed by atoms with Gasteiger partial charge in [-0.05, 0) is 12.8 Å². The molecule has 0 radical (unpaired) electrons. The molecule has 1 aliphatic heterocycles. The summed E-state index contributed by atoms with van der Waals surface area (Å²) < 4.78 is 10.6. The lowest BCUT2D eigenvalue weighted by Gasteiger charge is -2.12. The van der Waals surface area contributed by atoms with Gasteiger partial charge in [0.25, 0.3) is 0 Å². The smallest absolute Gasteiger partial charge is 0.158 e. The lowest BCUT2D eigenvalue weighted by molar-refractivity contribution is -0.124. The van der Waals surface area contributed by atoms with E-state index in [0.29, 0.717) is 19.0 Å². The quantitative estimate of drug-likeness (QED) is 0.623. The molecule has 2 rings (SSSR count). The lowest BCUT2D eigenvalue weighted by Crippen LogP contribution is -2.17. The molecule has 0 aromatic heterocycles. The number of ether oxygens (including phenoxy) is 2. The van der Waals surface area contributed by atoms with Crippen molar-refractivity contribution < 1.29 is 14.3 Å². The highest BCUT2D eigenvalue weighted by Crippen LogP contribution is 2.27. The number of carbonyl (C=O) groups is 1. The van der Waals surface area contributed by atoms with Gasteiger partial charge in [0.15, 0.2) is 6.29 Å². The summed E-state index contributed by atoms with van der Waals surface area (Å²) in [5.41, 5.74) is 0. The van der Waals surface area contributed by atoms with Gasteiger partial charge in [0, 0.05) is 18.8 Å². The van der Waals surface area contributed by atoms with Crippen LogP contribution in [0.1, 0.15) is 25.7 Å². The molecule has 2 fully saturated rings. The predicted octanol–water partition coefficient (Wildman–Crippen LogP) is 1.12. The molecule has 0 aromatic carbocycles. The monoisotopic (exact) mass is 170 g/mol. The van der Waals surface area contributed by atoms with E-state index in [1.165, 1.54) is 0 Å². The predicted molar refractivity (Wildman–Crippen MR) is 42.7 cm³/mol. The van der Waals surface area contributed by atoms with Crippen LogP contribution in [0.2, 0.25) is 0 Å². The van der Waals surface area contributed by atoms with Crippen LogP contribution in [0.25, 0.3) is 0 Å². The maximum Gasteiger partial charge on any atom is 0.158 e. The van der Waals surface area contributed by atoms with Crippen molar-refractivity contribution in [3.63, 3.8) is 0 Å². The number of rotatable bonds is 2. The van der Waals surface area contributed by atoms with Gasteiger partial charge >= 0.3 is 0 Å². The third-order valence-electron chi connectivity index (χ3n) is 2.60. The minimum atomic E-state index is -0.1000. The van der Waals surface area contributed by atoms with Crippen LogP contribution in [0.5, 0.6) is 0 Å². The molecule has 0 N–H and O–H groups in total. The van der Waals surface area contributed by atoms with Crippen molar-refractivity contribution in [1.29, 1.82) is 0 Å². The highest BCUT2D eigenvalue weighted by Gasteiger charge is 2.29. The first-order chi connectivity index (χ1) is 5.86. The van der Waals surface area contributed by atoms with Gasteiger partial charge in [-0.3, -0.25) is 4.79 Å². The standard InChI is InChI=1S/C9H14O3/c10-8-3-1-2-7(8)6-9-11-4-5-12-9/h7,9H,1-6H2/t7-/m0/s1. The molecule has 68 valence electrons. The zero-order valence-electron chi connectivity index (χ0n) is 7.12. The van der Waals surface area contributed by atoms with Crippen molar-refractivity contribution in [2.24, 2.45) is 5.92 Å². The first-order valence-electron chi connectivity index (χ1n) is 4.62. The fraction of sp³-hybridized carbons (Fsp3) is 0.889. The lowest BCUT2D eigenvalue weighted by atomic mass is 10.0. The Balaban J connectivity index is 1.81. The largest absolute Gasteiger partial charge is 0.350 e. The van der Waals surface area contributed by atoms with Crippen LogP contribution in [0.15, 0.2) is 0 Å². The van der Waals surface area contributed by atoms with Gasteiger partial charge < -0.3 is 9.47 Å². The molecule has 0 unspecified atom stereocenters. The Morgan fingerprint density at radius 3 is 2.67 bits per heavy atom. The van der Waals surface area contributed by atoms with E-state index in [0.717, 1.165) is 25.7 Å². The van der Waals surface area contributed by atoms with Gasteiger partial charge in [0.2, 0.25) is 0 Å². The van der Waals surface area contributed by atoms with E-state index in [-0.39, 0.29) is 12.2 Å². The van der Waals surface area contributed by atoms with E-state index in [1.807, 2.05) is 0 Å². The van der Waals surface area contributed by atoms with Crippen molar-refractivity contribution in [3.8, 4) is 0 Å². The number of hydrogen-bond donors (Lipinski definition) is 0. The Morgan fingerprint density at radius 2 is 2.08 bits per heavy atom. The summed E-state index contributed by atoms with van der Waals surface area (Å²) in [5, 5.41) is 0. The first-order valence-corrected chi connectivity index (χ1v) is 4.62. The van der Waals surface area contributed by atoms with Crippen LogP contribution in [0.4, 0.5) is 0 Å². The number of ketones is 1. The molecule has 1 aliphatic carbocycles. The van der Waals surface area contributed by atoms with E-state index in [9.17, 15) is 4.79 Å². The molecular formula is C9H14O3. The van der Waals surface area contributed by atoms with Crippen LogP contribution in [0, 0.1) is 5.92 Å². The summed E-state index contributed by atoms with van der Waals surface area (Å²) in [7, 11) is 0.